The van der Waals surface area contributed by atoms with Gasteiger partial charge in [0.05, 0.1) is 0 Å². The predicted molar refractivity (Wildman–Crippen MR) is 66.4 cm³/mol. The van der Waals surface area contributed by atoms with Crippen LogP contribution in [0, 0.1) is 12.7 Å². The first-order valence-electron chi connectivity index (χ1n) is 5.74. The maximum absolute atomic E-state index is 13.2. The van der Waals surface area contributed by atoms with E-state index < -0.39 is 0 Å². The zero-order valence-corrected chi connectivity index (χ0v) is 10.5. The highest BCUT2D eigenvalue weighted by Crippen LogP contribution is 2.12. The Morgan fingerprint density at radius 1 is 1.41 bits per heavy atom. The third kappa shape index (κ3) is 3.53. The number of halogens is 1. The molecule has 4 heteroatoms. The first-order valence-corrected chi connectivity index (χ1v) is 5.74. The van der Waals surface area contributed by atoms with Gasteiger partial charge in [-0.05, 0) is 44.5 Å². The zero-order chi connectivity index (χ0) is 13.0. The van der Waals surface area contributed by atoms with Crippen LogP contribution < -0.4 is 5.73 Å². The van der Waals surface area contributed by atoms with Crippen LogP contribution in [0.2, 0.25) is 0 Å². The van der Waals surface area contributed by atoms with Gasteiger partial charge in [0.1, 0.15) is 5.82 Å². The molecule has 94 valence electrons. The number of nitrogens with zero attached hydrogens (tertiary/aromatic N) is 1. The van der Waals surface area contributed by atoms with Crippen LogP contribution >= 0.6 is 0 Å². The lowest BCUT2D eigenvalue weighted by atomic mass is 10.1. The van der Waals surface area contributed by atoms with Crippen LogP contribution in [-0.4, -0.2) is 29.9 Å². The van der Waals surface area contributed by atoms with Crippen molar-refractivity contribution in [3.63, 3.8) is 0 Å². The average molecular weight is 238 g/mol. The molecule has 17 heavy (non-hydrogen) atoms. The van der Waals surface area contributed by atoms with Crippen molar-refractivity contribution in [1.29, 1.82) is 0 Å². The van der Waals surface area contributed by atoms with E-state index in [2.05, 4.69) is 0 Å². The highest BCUT2D eigenvalue weighted by atomic mass is 19.1. The molecule has 3 nitrogen and oxygen atoms in total. The van der Waals surface area contributed by atoms with Crippen LogP contribution in [0.4, 0.5) is 4.39 Å². The number of benzene rings is 1. The predicted octanol–water partition coefficient (Wildman–Crippen LogP) is 1.94. The highest BCUT2D eigenvalue weighted by molar-refractivity contribution is 5.94. The van der Waals surface area contributed by atoms with E-state index in [1.165, 1.54) is 12.1 Å². The van der Waals surface area contributed by atoms with E-state index in [1.807, 2.05) is 13.8 Å². The molecule has 1 aromatic rings. The summed E-state index contributed by atoms with van der Waals surface area (Å²) in [5.74, 6) is -0.558. The van der Waals surface area contributed by atoms with Gasteiger partial charge in [-0.3, -0.25) is 4.79 Å². The van der Waals surface area contributed by atoms with Crippen molar-refractivity contribution in [1.82, 2.24) is 4.90 Å². The van der Waals surface area contributed by atoms with E-state index in [0.717, 1.165) is 5.56 Å². The first kappa shape index (κ1) is 13.6. The molecule has 0 aromatic heterocycles. The summed E-state index contributed by atoms with van der Waals surface area (Å²) in [7, 11) is 0. The van der Waals surface area contributed by atoms with Crippen molar-refractivity contribution >= 4 is 5.91 Å². The van der Waals surface area contributed by atoms with Gasteiger partial charge >= 0.3 is 0 Å². The van der Waals surface area contributed by atoms with E-state index in [-0.39, 0.29) is 17.8 Å². The van der Waals surface area contributed by atoms with Gasteiger partial charge in [0.2, 0.25) is 0 Å². The lowest BCUT2D eigenvalue weighted by Gasteiger charge is -2.26. The van der Waals surface area contributed by atoms with Crippen molar-refractivity contribution < 1.29 is 9.18 Å². The van der Waals surface area contributed by atoms with Crippen molar-refractivity contribution in [3.8, 4) is 0 Å². The minimum atomic E-state index is -0.384. The lowest BCUT2D eigenvalue weighted by molar-refractivity contribution is 0.0711. The lowest BCUT2D eigenvalue weighted by Crippen LogP contribution is -2.40. The molecule has 1 amide bonds. The monoisotopic (exact) mass is 238 g/mol. The molecule has 0 aliphatic rings. The quantitative estimate of drug-likeness (QED) is 0.871. The second kappa shape index (κ2) is 5.77. The van der Waals surface area contributed by atoms with Gasteiger partial charge < -0.3 is 10.6 Å². The van der Waals surface area contributed by atoms with Gasteiger partial charge in [0, 0.05) is 24.7 Å². The Balaban J connectivity index is 3.00. The number of hydrogen-bond donors (Lipinski definition) is 1. The van der Waals surface area contributed by atoms with E-state index in [0.29, 0.717) is 18.7 Å². The Labute approximate surface area is 101 Å². The van der Waals surface area contributed by atoms with Crippen LogP contribution in [0.3, 0.4) is 0 Å². The second-order valence-electron chi connectivity index (χ2n) is 4.40. The molecule has 0 atom stereocenters. The van der Waals surface area contributed by atoms with Crippen molar-refractivity contribution in [3.05, 3.63) is 35.1 Å². The van der Waals surface area contributed by atoms with Gasteiger partial charge in [0.15, 0.2) is 0 Å². The van der Waals surface area contributed by atoms with Gasteiger partial charge in [-0.2, -0.15) is 0 Å². The van der Waals surface area contributed by atoms with E-state index in [4.69, 9.17) is 5.73 Å². The highest BCUT2D eigenvalue weighted by Gasteiger charge is 2.18. The molecule has 0 saturated heterocycles. The maximum atomic E-state index is 13.2. The minimum Gasteiger partial charge on any atom is -0.335 e. The molecule has 0 bridgehead atoms. The molecule has 1 rings (SSSR count). The summed E-state index contributed by atoms with van der Waals surface area (Å²) in [5, 5.41) is 0. The normalized spacial score (nSPS) is 10.7. The largest absolute Gasteiger partial charge is 0.335 e. The van der Waals surface area contributed by atoms with Crippen LogP contribution in [0.5, 0.6) is 0 Å². The molecule has 2 N–H and O–H groups in total. The third-order valence-electron chi connectivity index (χ3n) is 2.54. The van der Waals surface area contributed by atoms with E-state index in [9.17, 15) is 9.18 Å². The Morgan fingerprint density at radius 2 is 2.06 bits per heavy atom. The molecule has 0 unspecified atom stereocenters. The summed E-state index contributed by atoms with van der Waals surface area (Å²) < 4.78 is 13.2. The fraction of sp³-hybridized carbons (Fsp3) is 0.462. The summed E-state index contributed by atoms with van der Waals surface area (Å²) in [6.07, 6.45) is 0. The summed E-state index contributed by atoms with van der Waals surface area (Å²) in [6.45, 7) is 6.48. The Bertz CT molecular complexity index is 384. The van der Waals surface area contributed by atoms with E-state index >= 15 is 0 Å². The molecular weight excluding hydrogens is 219 g/mol. The molecule has 0 radical (unpaired) electrons. The fourth-order valence-corrected chi connectivity index (χ4v) is 1.76. The summed E-state index contributed by atoms with van der Waals surface area (Å²) in [5.41, 5.74) is 6.59. The first-order chi connectivity index (χ1) is 7.95. The zero-order valence-electron chi connectivity index (χ0n) is 10.5. The van der Waals surface area contributed by atoms with Gasteiger partial charge in [-0.15, -0.1) is 0 Å². The molecule has 0 spiro atoms. The van der Waals surface area contributed by atoms with Crippen LogP contribution in [-0.2, 0) is 0 Å². The van der Waals surface area contributed by atoms with Gasteiger partial charge in [0.25, 0.3) is 5.91 Å². The maximum Gasteiger partial charge on any atom is 0.254 e. The van der Waals surface area contributed by atoms with Crippen LogP contribution in [0.1, 0.15) is 29.8 Å². The van der Waals surface area contributed by atoms with Gasteiger partial charge in [-0.25, -0.2) is 4.39 Å². The molecule has 0 saturated carbocycles. The Kier molecular flexibility index (Phi) is 4.63. The molecule has 0 aliphatic heterocycles. The number of amides is 1. The van der Waals surface area contributed by atoms with Crippen LogP contribution in [0.15, 0.2) is 18.2 Å². The third-order valence-corrected chi connectivity index (χ3v) is 2.54. The van der Waals surface area contributed by atoms with Crippen molar-refractivity contribution in [2.24, 2.45) is 5.73 Å². The number of rotatable bonds is 4. The number of hydrogen-bond acceptors (Lipinski definition) is 2. The number of carbonyl (C=O) groups excluding carboxylic acids is 1. The molecular formula is C13H19FN2O. The van der Waals surface area contributed by atoms with Gasteiger partial charge in [-0.1, -0.05) is 0 Å². The average Bonchev–Trinajstić information content (AvgIpc) is 2.23. The molecule has 0 heterocycles. The number of nitrogens with two attached hydrogens (primary N) is 1. The van der Waals surface area contributed by atoms with Crippen LogP contribution in [0.25, 0.3) is 0 Å². The minimum absolute atomic E-state index is 0.0506. The summed E-state index contributed by atoms with van der Waals surface area (Å²) >= 11 is 0. The smallest absolute Gasteiger partial charge is 0.254 e. The topological polar surface area (TPSA) is 46.3 Å². The number of aryl methyl sites for hydroxylation is 1. The Hall–Kier alpha value is -1.42. The van der Waals surface area contributed by atoms with Crippen molar-refractivity contribution in [2.75, 3.05) is 13.1 Å². The van der Waals surface area contributed by atoms with E-state index in [1.54, 1.807) is 17.9 Å². The fourth-order valence-electron chi connectivity index (χ4n) is 1.76. The molecule has 0 fully saturated rings. The standard InChI is InChI=1S/C13H19FN2O/c1-9(2)16(5-4-15)13(17)11-6-10(3)7-12(14)8-11/h6-9H,4-5,15H2,1-3H3. The number of carbonyl (C=O) groups is 1. The second-order valence-corrected chi connectivity index (χ2v) is 4.40. The molecule has 0 aliphatic carbocycles. The van der Waals surface area contributed by atoms with Crippen molar-refractivity contribution in [2.45, 2.75) is 26.8 Å². The Morgan fingerprint density at radius 3 is 2.53 bits per heavy atom. The summed E-state index contributed by atoms with van der Waals surface area (Å²) in [4.78, 5) is 13.8. The summed E-state index contributed by atoms with van der Waals surface area (Å²) in [6, 6.07) is 4.41. The SMILES string of the molecule is Cc1cc(F)cc(C(=O)N(CCN)C(C)C)c1. The molecule has 1 aromatic carbocycles.